The first-order valence-corrected chi connectivity index (χ1v) is 7.02. The molecule has 2 unspecified atom stereocenters. The number of rotatable bonds is 4. The van der Waals surface area contributed by atoms with E-state index < -0.39 is 0 Å². The van der Waals surface area contributed by atoms with Crippen molar-refractivity contribution in [3.63, 3.8) is 0 Å². The Labute approximate surface area is 102 Å². The van der Waals surface area contributed by atoms with E-state index in [0.29, 0.717) is 5.92 Å². The molecule has 90 valence electrons. The van der Waals surface area contributed by atoms with Crippen molar-refractivity contribution in [3.8, 4) is 0 Å². The molecule has 1 aromatic heterocycles. The van der Waals surface area contributed by atoms with Crippen molar-refractivity contribution < 1.29 is 4.74 Å². The van der Waals surface area contributed by atoms with Crippen LogP contribution in [-0.2, 0) is 4.74 Å². The van der Waals surface area contributed by atoms with Gasteiger partial charge in [0, 0.05) is 12.0 Å². The topological polar surface area (TPSA) is 35.2 Å². The fourth-order valence-electron chi connectivity index (χ4n) is 2.74. The zero-order valence-electron chi connectivity index (χ0n) is 9.89. The van der Waals surface area contributed by atoms with Gasteiger partial charge in [-0.2, -0.15) is 0 Å². The molecule has 3 heteroatoms. The second-order valence-corrected chi connectivity index (χ2v) is 5.62. The number of ether oxygens (including phenoxy) is 1. The van der Waals surface area contributed by atoms with Crippen molar-refractivity contribution in [3.05, 3.63) is 22.4 Å². The predicted molar refractivity (Wildman–Crippen MR) is 68.6 cm³/mol. The third-order valence-corrected chi connectivity index (χ3v) is 4.59. The molecule has 1 aliphatic carbocycles. The quantitative estimate of drug-likeness (QED) is 0.874. The van der Waals surface area contributed by atoms with E-state index in [9.17, 15) is 0 Å². The molecular weight excluding hydrogens is 218 g/mol. The Balaban J connectivity index is 2.03. The van der Waals surface area contributed by atoms with Crippen LogP contribution in [0.5, 0.6) is 0 Å². The zero-order chi connectivity index (χ0) is 11.4. The van der Waals surface area contributed by atoms with Crippen molar-refractivity contribution >= 4 is 11.3 Å². The molecule has 0 radical (unpaired) electrons. The van der Waals surface area contributed by atoms with Gasteiger partial charge < -0.3 is 10.5 Å². The smallest absolute Gasteiger partial charge is 0.0799 e. The molecule has 1 aromatic rings. The molecule has 0 spiro atoms. The van der Waals surface area contributed by atoms with E-state index in [0.717, 1.165) is 0 Å². The highest BCUT2D eigenvalue weighted by molar-refractivity contribution is 7.10. The third kappa shape index (κ3) is 2.65. The largest absolute Gasteiger partial charge is 0.379 e. The second kappa shape index (κ2) is 5.80. The van der Waals surface area contributed by atoms with Gasteiger partial charge in [0.25, 0.3) is 0 Å². The predicted octanol–water partition coefficient (Wildman–Crippen LogP) is 3.34. The van der Waals surface area contributed by atoms with E-state index in [1.54, 1.807) is 18.4 Å². The van der Waals surface area contributed by atoms with Crippen LogP contribution in [0.4, 0.5) is 0 Å². The summed E-state index contributed by atoms with van der Waals surface area (Å²) in [5.41, 5.74) is 6.31. The van der Waals surface area contributed by atoms with Crippen molar-refractivity contribution in [2.24, 2.45) is 11.7 Å². The first-order chi connectivity index (χ1) is 7.83. The van der Waals surface area contributed by atoms with Crippen LogP contribution in [0.2, 0.25) is 0 Å². The van der Waals surface area contributed by atoms with Crippen LogP contribution in [-0.4, -0.2) is 13.2 Å². The van der Waals surface area contributed by atoms with Crippen LogP contribution in [0, 0.1) is 5.92 Å². The lowest BCUT2D eigenvalue weighted by Crippen LogP contribution is -2.35. The molecule has 2 nitrogen and oxygen atoms in total. The molecule has 1 saturated carbocycles. The standard InChI is InChI=1S/C13H21NOS/c1-15-13(10-6-3-2-4-7-10)12(14)11-8-5-9-16-11/h5,8-10,12-13H,2-4,6-7,14H2,1H3. The molecule has 0 aromatic carbocycles. The van der Waals surface area contributed by atoms with E-state index >= 15 is 0 Å². The summed E-state index contributed by atoms with van der Waals surface area (Å²) in [6.45, 7) is 0. The lowest BCUT2D eigenvalue weighted by Gasteiger charge is -2.32. The Morgan fingerprint density at radius 3 is 2.69 bits per heavy atom. The molecule has 0 bridgehead atoms. The normalized spacial score (nSPS) is 21.9. The number of hydrogen-bond donors (Lipinski definition) is 1. The minimum absolute atomic E-state index is 0.0492. The maximum Gasteiger partial charge on any atom is 0.0799 e. The number of methoxy groups -OCH3 is 1. The zero-order valence-corrected chi connectivity index (χ0v) is 10.7. The lowest BCUT2D eigenvalue weighted by molar-refractivity contribution is 0.0180. The van der Waals surface area contributed by atoms with Crippen molar-refractivity contribution in [1.29, 1.82) is 0 Å². The maximum atomic E-state index is 6.31. The Hall–Kier alpha value is -0.380. The van der Waals surface area contributed by atoms with Gasteiger partial charge in [0.2, 0.25) is 0 Å². The van der Waals surface area contributed by atoms with Crippen molar-refractivity contribution in [1.82, 2.24) is 0 Å². The summed E-state index contributed by atoms with van der Waals surface area (Å²) in [5, 5.41) is 2.09. The van der Waals surface area contributed by atoms with E-state index in [1.165, 1.54) is 37.0 Å². The summed E-state index contributed by atoms with van der Waals surface area (Å²) < 4.78 is 5.66. The Bertz CT molecular complexity index is 293. The molecule has 0 saturated heterocycles. The average molecular weight is 239 g/mol. The summed E-state index contributed by atoms with van der Waals surface area (Å²) in [5.74, 6) is 0.649. The first kappa shape index (κ1) is 12.1. The fraction of sp³-hybridized carbons (Fsp3) is 0.692. The van der Waals surface area contributed by atoms with Gasteiger partial charge in [0.05, 0.1) is 12.1 Å². The van der Waals surface area contributed by atoms with E-state index in [1.807, 2.05) is 0 Å². The summed E-state index contributed by atoms with van der Waals surface area (Å²) >= 11 is 1.73. The van der Waals surface area contributed by atoms with Crippen LogP contribution in [0.15, 0.2) is 17.5 Å². The molecule has 16 heavy (non-hydrogen) atoms. The molecule has 1 heterocycles. The van der Waals surface area contributed by atoms with E-state index in [2.05, 4.69) is 17.5 Å². The number of nitrogens with two attached hydrogens (primary N) is 1. The highest BCUT2D eigenvalue weighted by Gasteiger charge is 2.29. The van der Waals surface area contributed by atoms with Crippen LogP contribution >= 0.6 is 11.3 Å². The summed E-state index contributed by atoms with van der Waals surface area (Å²) in [6.07, 6.45) is 6.79. The first-order valence-electron chi connectivity index (χ1n) is 6.14. The van der Waals surface area contributed by atoms with Gasteiger partial charge in [-0.1, -0.05) is 25.3 Å². The van der Waals surface area contributed by atoms with Gasteiger partial charge in [-0.15, -0.1) is 11.3 Å². The molecule has 0 amide bonds. The van der Waals surface area contributed by atoms with Gasteiger partial charge in [-0.3, -0.25) is 0 Å². The highest BCUT2D eigenvalue weighted by Crippen LogP contribution is 2.34. The second-order valence-electron chi connectivity index (χ2n) is 4.64. The van der Waals surface area contributed by atoms with Gasteiger partial charge in [-0.05, 0) is 30.2 Å². The Kier molecular flexibility index (Phi) is 4.38. The summed E-state index contributed by atoms with van der Waals surface area (Å²) in [4.78, 5) is 1.25. The molecule has 1 fully saturated rings. The molecule has 2 atom stereocenters. The van der Waals surface area contributed by atoms with Crippen LogP contribution in [0.25, 0.3) is 0 Å². The van der Waals surface area contributed by atoms with Gasteiger partial charge in [0.1, 0.15) is 0 Å². The van der Waals surface area contributed by atoms with Gasteiger partial charge in [0.15, 0.2) is 0 Å². The monoisotopic (exact) mass is 239 g/mol. The average Bonchev–Trinajstić information content (AvgIpc) is 2.85. The Morgan fingerprint density at radius 2 is 2.12 bits per heavy atom. The Morgan fingerprint density at radius 1 is 1.38 bits per heavy atom. The minimum atomic E-state index is 0.0492. The van der Waals surface area contributed by atoms with Crippen LogP contribution in [0.3, 0.4) is 0 Å². The van der Waals surface area contributed by atoms with Crippen molar-refractivity contribution in [2.45, 2.75) is 44.2 Å². The highest BCUT2D eigenvalue weighted by atomic mass is 32.1. The van der Waals surface area contributed by atoms with Gasteiger partial charge >= 0.3 is 0 Å². The van der Waals surface area contributed by atoms with Crippen LogP contribution < -0.4 is 5.73 Å². The molecule has 2 N–H and O–H groups in total. The van der Waals surface area contributed by atoms with Crippen molar-refractivity contribution in [2.75, 3.05) is 7.11 Å². The summed E-state index contributed by atoms with van der Waals surface area (Å²) in [7, 11) is 1.80. The summed E-state index contributed by atoms with van der Waals surface area (Å²) in [6, 6.07) is 4.23. The fourth-order valence-corrected chi connectivity index (χ4v) is 3.50. The van der Waals surface area contributed by atoms with Crippen LogP contribution in [0.1, 0.15) is 43.0 Å². The number of thiophene rings is 1. The van der Waals surface area contributed by atoms with E-state index in [-0.39, 0.29) is 12.1 Å². The molecule has 0 aliphatic heterocycles. The maximum absolute atomic E-state index is 6.31. The molecule has 1 aliphatic rings. The molecule has 2 rings (SSSR count). The molecular formula is C13H21NOS. The minimum Gasteiger partial charge on any atom is -0.379 e. The van der Waals surface area contributed by atoms with E-state index in [4.69, 9.17) is 10.5 Å². The third-order valence-electron chi connectivity index (χ3n) is 3.61. The van der Waals surface area contributed by atoms with Gasteiger partial charge in [-0.25, -0.2) is 0 Å². The number of hydrogen-bond acceptors (Lipinski definition) is 3. The SMILES string of the molecule is COC(C1CCCCC1)C(N)c1cccs1. The lowest BCUT2D eigenvalue weighted by atomic mass is 9.82.